The molecule has 5 heteroatoms. The molecule has 1 N–H and O–H groups in total. The molecule has 0 bridgehead atoms. The van der Waals surface area contributed by atoms with Gasteiger partial charge in [-0.3, -0.25) is 0 Å². The van der Waals surface area contributed by atoms with Gasteiger partial charge in [0.05, 0.1) is 13.3 Å². The number of hydrogen-bond donors (Lipinski definition) is 1. The first-order valence-electron chi connectivity index (χ1n) is 4.54. The van der Waals surface area contributed by atoms with Crippen LogP contribution >= 0.6 is 11.3 Å². The first-order valence-corrected chi connectivity index (χ1v) is 5.36. The topological polar surface area (TPSA) is 59.4 Å². The zero-order valence-electron chi connectivity index (χ0n) is 8.51. The van der Waals surface area contributed by atoms with Crippen LogP contribution in [0.15, 0.2) is 30.5 Å². The first kappa shape index (κ1) is 10.6. The predicted octanol–water partition coefficient (Wildman–Crippen LogP) is 2.30. The lowest BCUT2D eigenvalue weighted by Gasteiger charge is -1.95. The molecular weight excluding hydrogens is 226 g/mol. The van der Waals surface area contributed by atoms with E-state index in [2.05, 4.69) is 9.72 Å². The number of phenols is 1. The average molecular weight is 235 g/mol. The van der Waals surface area contributed by atoms with Crippen molar-refractivity contribution in [2.24, 2.45) is 0 Å². The Morgan fingerprint density at radius 3 is 2.69 bits per heavy atom. The lowest BCUT2D eigenvalue weighted by Crippen LogP contribution is -1.96. The number of ether oxygens (including phenoxy) is 1. The van der Waals surface area contributed by atoms with Crippen LogP contribution in [0.5, 0.6) is 5.75 Å². The van der Waals surface area contributed by atoms with Gasteiger partial charge < -0.3 is 9.84 Å². The number of methoxy groups -OCH3 is 1. The van der Waals surface area contributed by atoms with E-state index in [-0.39, 0.29) is 11.7 Å². The number of carbonyl (C=O) groups excluding carboxylic acids is 1. The van der Waals surface area contributed by atoms with Gasteiger partial charge in [0.1, 0.15) is 15.6 Å². The van der Waals surface area contributed by atoms with Gasteiger partial charge >= 0.3 is 5.97 Å². The molecule has 4 nitrogen and oxygen atoms in total. The summed E-state index contributed by atoms with van der Waals surface area (Å²) >= 11 is 1.26. The molecule has 2 rings (SSSR count). The fourth-order valence-corrected chi connectivity index (χ4v) is 2.05. The summed E-state index contributed by atoms with van der Waals surface area (Å²) in [6.45, 7) is 0. The Labute approximate surface area is 96.1 Å². The summed E-state index contributed by atoms with van der Waals surface area (Å²) in [6.07, 6.45) is 1.48. The van der Waals surface area contributed by atoms with Crippen LogP contribution in [-0.2, 0) is 4.74 Å². The van der Waals surface area contributed by atoms with E-state index in [9.17, 15) is 4.79 Å². The van der Waals surface area contributed by atoms with Gasteiger partial charge in [-0.1, -0.05) is 0 Å². The highest BCUT2D eigenvalue weighted by Gasteiger charge is 2.11. The minimum absolute atomic E-state index is 0.202. The van der Waals surface area contributed by atoms with Crippen molar-refractivity contribution in [2.75, 3.05) is 7.11 Å². The third kappa shape index (κ3) is 2.04. The summed E-state index contributed by atoms with van der Waals surface area (Å²) < 4.78 is 4.60. The van der Waals surface area contributed by atoms with Gasteiger partial charge in [-0.15, -0.1) is 11.3 Å². The summed E-state index contributed by atoms with van der Waals surface area (Å²) in [5, 5.41) is 9.87. The molecule has 0 unspecified atom stereocenters. The monoisotopic (exact) mass is 235 g/mol. The number of phenolic OH excluding ortho intramolecular Hbond substituents is 1. The highest BCUT2D eigenvalue weighted by atomic mass is 32.1. The van der Waals surface area contributed by atoms with Crippen molar-refractivity contribution in [3.05, 3.63) is 35.3 Å². The second kappa shape index (κ2) is 4.32. The van der Waals surface area contributed by atoms with Gasteiger partial charge in [-0.2, -0.15) is 0 Å². The number of benzene rings is 1. The molecular formula is C11H9NO3S. The van der Waals surface area contributed by atoms with E-state index >= 15 is 0 Å². The number of nitrogens with zero attached hydrogens (tertiary/aromatic N) is 1. The Bertz CT molecular complexity index is 504. The molecule has 1 aromatic carbocycles. The van der Waals surface area contributed by atoms with E-state index < -0.39 is 0 Å². The van der Waals surface area contributed by atoms with E-state index in [4.69, 9.17) is 5.11 Å². The smallest absolute Gasteiger partial charge is 0.349 e. The number of carbonyl (C=O) groups is 1. The minimum atomic E-state index is -0.387. The summed E-state index contributed by atoms with van der Waals surface area (Å²) in [4.78, 5) is 15.8. The van der Waals surface area contributed by atoms with Gasteiger partial charge in [0.25, 0.3) is 0 Å². The van der Waals surface area contributed by atoms with E-state index in [1.165, 1.54) is 24.6 Å². The van der Waals surface area contributed by atoms with Crippen LogP contribution in [0.25, 0.3) is 10.6 Å². The summed E-state index contributed by atoms with van der Waals surface area (Å²) in [7, 11) is 1.34. The molecule has 82 valence electrons. The molecule has 0 atom stereocenters. The average Bonchev–Trinajstić information content (AvgIpc) is 2.78. The normalized spacial score (nSPS) is 10.1. The maximum Gasteiger partial charge on any atom is 0.349 e. The van der Waals surface area contributed by atoms with Crippen LogP contribution in [0.4, 0.5) is 0 Å². The third-order valence-electron chi connectivity index (χ3n) is 2.01. The van der Waals surface area contributed by atoms with Crippen molar-refractivity contribution in [2.45, 2.75) is 0 Å². The van der Waals surface area contributed by atoms with Crippen LogP contribution in [-0.4, -0.2) is 23.2 Å². The summed E-state index contributed by atoms with van der Waals surface area (Å²) in [6, 6.07) is 6.65. The second-order valence-electron chi connectivity index (χ2n) is 3.07. The van der Waals surface area contributed by atoms with E-state index in [0.717, 1.165) is 10.6 Å². The van der Waals surface area contributed by atoms with E-state index in [1.807, 2.05) is 0 Å². The predicted molar refractivity (Wildman–Crippen MR) is 60.6 cm³/mol. The second-order valence-corrected chi connectivity index (χ2v) is 4.10. The zero-order chi connectivity index (χ0) is 11.5. The SMILES string of the molecule is COC(=O)c1cnc(-c2ccc(O)cc2)s1. The van der Waals surface area contributed by atoms with E-state index in [1.54, 1.807) is 24.3 Å². The lowest BCUT2D eigenvalue weighted by atomic mass is 10.2. The Hall–Kier alpha value is -1.88. The molecule has 1 heterocycles. The van der Waals surface area contributed by atoms with Crippen molar-refractivity contribution in [3.63, 3.8) is 0 Å². The van der Waals surface area contributed by atoms with Crippen LogP contribution in [0.2, 0.25) is 0 Å². The number of hydrogen-bond acceptors (Lipinski definition) is 5. The Kier molecular flexibility index (Phi) is 2.87. The van der Waals surface area contributed by atoms with E-state index in [0.29, 0.717) is 4.88 Å². The molecule has 1 aromatic heterocycles. The van der Waals surface area contributed by atoms with Crippen LogP contribution in [0.1, 0.15) is 9.67 Å². The maximum absolute atomic E-state index is 11.2. The van der Waals surface area contributed by atoms with Crippen molar-refractivity contribution >= 4 is 17.3 Å². The summed E-state index contributed by atoms with van der Waals surface area (Å²) in [5.74, 6) is -0.184. The first-order chi connectivity index (χ1) is 7.70. The Morgan fingerprint density at radius 2 is 2.06 bits per heavy atom. The van der Waals surface area contributed by atoms with Gasteiger partial charge in [-0.05, 0) is 24.3 Å². The molecule has 0 aliphatic heterocycles. The summed E-state index contributed by atoms with van der Waals surface area (Å²) in [5.41, 5.74) is 0.859. The standard InChI is InChI=1S/C11H9NO3S/c1-15-11(14)9-6-12-10(16-9)7-2-4-8(13)5-3-7/h2-6,13H,1H3. The fourth-order valence-electron chi connectivity index (χ4n) is 1.21. The van der Waals surface area contributed by atoms with Crippen molar-refractivity contribution in [1.82, 2.24) is 4.98 Å². The molecule has 0 amide bonds. The highest BCUT2D eigenvalue weighted by molar-refractivity contribution is 7.16. The van der Waals surface area contributed by atoms with Crippen molar-refractivity contribution < 1.29 is 14.6 Å². The van der Waals surface area contributed by atoms with Gasteiger partial charge in [0.15, 0.2) is 0 Å². The van der Waals surface area contributed by atoms with Gasteiger partial charge in [0.2, 0.25) is 0 Å². The molecule has 0 fully saturated rings. The highest BCUT2D eigenvalue weighted by Crippen LogP contribution is 2.26. The molecule has 0 spiro atoms. The quantitative estimate of drug-likeness (QED) is 0.811. The van der Waals surface area contributed by atoms with Crippen molar-refractivity contribution in [3.8, 4) is 16.3 Å². The molecule has 0 aliphatic rings. The van der Waals surface area contributed by atoms with Crippen LogP contribution < -0.4 is 0 Å². The number of esters is 1. The van der Waals surface area contributed by atoms with Crippen LogP contribution in [0, 0.1) is 0 Å². The lowest BCUT2D eigenvalue weighted by molar-refractivity contribution is 0.0606. The van der Waals surface area contributed by atoms with Gasteiger partial charge in [0, 0.05) is 5.56 Å². The number of aromatic hydroxyl groups is 1. The van der Waals surface area contributed by atoms with Gasteiger partial charge in [-0.25, -0.2) is 9.78 Å². The Balaban J connectivity index is 2.31. The molecule has 0 saturated heterocycles. The number of rotatable bonds is 2. The fraction of sp³-hybridized carbons (Fsp3) is 0.0909. The maximum atomic E-state index is 11.2. The largest absolute Gasteiger partial charge is 0.508 e. The number of aromatic nitrogens is 1. The number of thiazole rings is 1. The third-order valence-corrected chi connectivity index (χ3v) is 3.03. The molecule has 2 aromatic rings. The Morgan fingerprint density at radius 1 is 1.38 bits per heavy atom. The van der Waals surface area contributed by atoms with Crippen LogP contribution in [0.3, 0.4) is 0 Å². The molecule has 0 aliphatic carbocycles. The molecule has 0 saturated carbocycles. The molecule has 16 heavy (non-hydrogen) atoms. The van der Waals surface area contributed by atoms with Crippen molar-refractivity contribution in [1.29, 1.82) is 0 Å². The minimum Gasteiger partial charge on any atom is -0.508 e. The zero-order valence-corrected chi connectivity index (χ0v) is 9.32. The molecule has 0 radical (unpaired) electrons.